The zero-order valence-corrected chi connectivity index (χ0v) is 13.6. The smallest absolute Gasteiger partial charge is 0.254 e. The SMILES string of the molecule is Cc1cc(C)c(C(=O)N2CCC(CN(C)C)CC2)cc1N. The van der Waals surface area contributed by atoms with Crippen LogP contribution in [0.15, 0.2) is 12.1 Å². The zero-order valence-electron chi connectivity index (χ0n) is 13.6. The third-order valence-corrected chi connectivity index (χ3v) is 4.37. The lowest BCUT2D eigenvalue weighted by Crippen LogP contribution is -2.40. The van der Waals surface area contributed by atoms with Gasteiger partial charge in [0.2, 0.25) is 0 Å². The molecule has 0 atom stereocenters. The fourth-order valence-corrected chi connectivity index (χ4v) is 3.10. The zero-order chi connectivity index (χ0) is 15.6. The van der Waals surface area contributed by atoms with Gasteiger partial charge in [-0.15, -0.1) is 0 Å². The number of nitrogens with zero attached hydrogens (tertiary/aromatic N) is 2. The maximum atomic E-state index is 12.7. The highest BCUT2D eigenvalue weighted by Crippen LogP contribution is 2.23. The van der Waals surface area contributed by atoms with E-state index in [0.29, 0.717) is 11.6 Å². The van der Waals surface area contributed by atoms with Gasteiger partial charge in [-0.3, -0.25) is 4.79 Å². The fraction of sp³-hybridized carbons (Fsp3) is 0.588. The van der Waals surface area contributed by atoms with E-state index in [1.54, 1.807) is 0 Å². The number of aryl methyl sites for hydroxylation is 2. The molecule has 116 valence electrons. The van der Waals surface area contributed by atoms with Crippen LogP contribution in [0.1, 0.15) is 34.3 Å². The summed E-state index contributed by atoms with van der Waals surface area (Å²) in [4.78, 5) is 16.9. The van der Waals surface area contributed by atoms with Crippen molar-refractivity contribution < 1.29 is 4.79 Å². The van der Waals surface area contributed by atoms with E-state index >= 15 is 0 Å². The number of benzene rings is 1. The molecule has 4 nitrogen and oxygen atoms in total. The number of hydrogen-bond acceptors (Lipinski definition) is 3. The molecule has 1 amide bonds. The van der Waals surface area contributed by atoms with Crippen molar-refractivity contribution in [1.82, 2.24) is 9.80 Å². The number of anilines is 1. The Hall–Kier alpha value is -1.55. The van der Waals surface area contributed by atoms with Crippen molar-refractivity contribution in [3.8, 4) is 0 Å². The minimum Gasteiger partial charge on any atom is -0.398 e. The Morgan fingerprint density at radius 3 is 2.43 bits per heavy atom. The molecule has 0 aliphatic carbocycles. The third kappa shape index (κ3) is 3.76. The van der Waals surface area contributed by atoms with Crippen LogP contribution in [0.5, 0.6) is 0 Å². The van der Waals surface area contributed by atoms with Gasteiger partial charge in [-0.2, -0.15) is 0 Å². The number of amides is 1. The summed E-state index contributed by atoms with van der Waals surface area (Å²) in [6.45, 7) is 6.77. The molecule has 1 heterocycles. The van der Waals surface area contributed by atoms with Crippen LogP contribution < -0.4 is 5.73 Å². The van der Waals surface area contributed by atoms with E-state index in [1.165, 1.54) is 0 Å². The lowest BCUT2D eigenvalue weighted by molar-refractivity contribution is 0.0677. The van der Waals surface area contributed by atoms with Crippen molar-refractivity contribution in [3.05, 3.63) is 28.8 Å². The van der Waals surface area contributed by atoms with Crippen LogP contribution in [0.4, 0.5) is 5.69 Å². The van der Waals surface area contributed by atoms with Crippen LogP contribution in [0.3, 0.4) is 0 Å². The Morgan fingerprint density at radius 2 is 1.86 bits per heavy atom. The summed E-state index contributed by atoms with van der Waals surface area (Å²) in [7, 11) is 4.21. The standard InChI is InChI=1S/C17H27N3O/c1-12-9-13(2)16(18)10-15(12)17(21)20-7-5-14(6-8-20)11-19(3)4/h9-10,14H,5-8,11,18H2,1-4H3. The molecule has 1 aromatic carbocycles. The molecule has 2 N–H and O–H groups in total. The molecule has 1 aliphatic rings. The number of carbonyl (C=O) groups excluding carboxylic acids is 1. The fourth-order valence-electron chi connectivity index (χ4n) is 3.10. The summed E-state index contributed by atoms with van der Waals surface area (Å²) in [6.07, 6.45) is 2.18. The second kappa shape index (κ2) is 6.48. The van der Waals surface area contributed by atoms with Crippen molar-refractivity contribution >= 4 is 11.6 Å². The van der Waals surface area contributed by atoms with Crippen molar-refractivity contribution in [3.63, 3.8) is 0 Å². The summed E-state index contributed by atoms with van der Waals surface area (Å²) < 4.78 is 0. The van der Waals surface area contributed by atoms with Crippen molar-refractivity contribution in [2.45, 2.75) is 26.7 Å². The molecule has 1 saturated heterocycles. The van der Waals surface area contributed by atoms with E-state index in [1.807, 2.05) is 30.9 Å². The van der Waals surface area contributed by atoms with Gasteiger partial charge in [0, 0.05) is 30.9 Å². The summed E-state index contributed by atoms with van der Waals surface area (Å²) in [5.41, 5.74) is 9.46. The highest BCUT2D eigenvalue weighted by atomic mass is 16.2. The summed E-state index contributed by atoms with van der Waals surface area (Å²) in [6, 6.07) is 3.83. The summed E-state index contributed by atoms with van der Waals surface area (Å²) in [5.74, 6) is 0.829. The molecular weight excluding hydrogens is 262 g/mol. The maximum Gasteiger partial charge on any atom is 0.254 e. The predicted molar refractivity (Wildman–Crippen MR) is 87.5 cm³/mol. The molecule has 21 heavy (non-hydrogen) atoms. The van der Waals surface area contributed by atoms with Crippen molar-refractivity contribution in [2.75, 3.05) is 39.5 Å². The molecule has 2 rings (SSSR count). The molecule has 0 aromatic heterocycles. The number of rotatable bonds is 3. The molecule has 0 saturated carbocycles. The topological polar surface area (TPSA) is 49.6 Å². The molecule has 0 unspecified atom stereocenters. The molecule has 0 spiro atoms. The van der Waals surface area contributed by atoms with Gasteiger partial charge < -0.3 is 15.5 Å². The van der Waals surface area contributed by atoms with E-state index in [-0.39, 0.29) is 5.91 Å². The monoisotopic (exact) mass is 289 g/mol. The minimum atomic E-state index is 0.127. The van der Waals surface area contributed by atoms with Crippen LogP contribution >= 0.6 is 0 Å². The van der Waals surface area contributed by atoms with Crippen LogP contribution in [0.2, 0.25) is 0 Å². The average Bonchev–Trinajstić information content (AvgIpc) is 2.42. The van der Waals surface area contributed by atoms with E-state index in [9.17, 15) is 4.79 Å². The van der Waals surface area contributed by atoms with Gasteiger partial charge in [-0.05, 0) is 63.9 Å². The Bertz CT molecular complexity index is 517. The van der Waals surface area contributed by atoms with Gasteiger partial charge in [0.1, 0.15) is 0 Å². The first kappa shape index (κ1) is 15.8. The van der Waals surface area contributed by atoms with Crippen LogP contribution in [-0.4, -0.2) is 49.4 Å². The van der Waals surface area contributed by atoms with Gasteiger partial charge in [-0.1, -0.05) is 6.07 Å². The number of hydrogen-bond donors (Lipinski definition) is 1. The van der Waals surface area contributed by atoms with Crippen LogP contribution in [-0.2, 0) is 0 Å². The molecule has 4 heteroatoms. The number of likely N-dealkylation sites (tertiary alicyclic amines) is 1. The minimum absolute atomic E-state index is 0.127. The number of carbonyl (C=O) groups is 1. The Morgan fingerprint density at radius 1 is 1.24 bits per heavy atom. The highest BCUT2D eigenvalue weighted by Gasteiger charge is 2.25. The Labute approximate surface area is 127 Å². The molecular formula is C17H27N3O. The summed E-state index contributed by atoms with van der Waals surface area (Å²) >= 11 is 0. The maximum absolute atomic E-state index is 12.7. The quantitative estimate of drug-likeness (QED) is 0.869. The average molecular weight is 289 g/mol. The van der Waals surface area contributed by atoms with E-state index in [4.69, 9.17) is 5.73 Å². The van der Waals surface area contributed by atoms with Crippen molar-refractivity contribution in [1.29, 1.82) is 0 Å². The molecule has 0 bridgehead atoms. The first-order valence-corrected chi connectivity index (χ1v) is 7.69. The first-order valence-electron chi connectivity index (χ1n) is 7.69. The Balaban J connectivity index is 2.04. The van der Waals surface area contributed by atoms with Gasteiger partial charge >= 0.3 is 0 Å². The van der Waals surface area contributed by atoms with Gasteiger partial charge in [0.15, 0.2) is 0 Å². The second-order valence-electron chi connectivity index (χ2n) is 6.52. The number of piperidine rings is 1. The van der Waals surface area contributed by atoms with Crippen LogP contribution in [0.25, 0.3) is 0 Å². The molecule has 1 fully saturated rings. The lowest BCUT2D eigenvalue weighted by atomic mass is 9.95. The van der Waals surface area contributed by atoms with Gasteiger partial charge in [-0.25, -0.2) is 0 Å². The first-order chi connectivity index (χ1) is 9.88. The van der Waals surface area contributed by atoms with Gasteiger partial charge in [0.25, 0.3) is 5.91 Å². The van der Waals surface area contributed by atoms with E-state index in [0.717, 1.165) is 49.2 Å². The van der Waals surface area contributed by atoms with Crippen molar-refractivity contribution in [2.24, 2.45) is 5.92 Å². The van der Waals surface area contributed by atoms with Gasteiger partial charge in [0.05, 0.1) is 0 Å². The second-order valence-corrected chi connectivity index (χ2v) is 6.52. The third-order valence-electron chi connectivity index (χ3n) is 4.37. The van der Waals surface area contributed by atoms with E-state index < -0.39 is 0 Å². The number of nitrogens with two attached hydrogens (primary N) is 1. The molecule has 1 aromatic rings. The van der Waals surface area contributed by atoms with Crippen LogP contribution in [0, 0.1) is 19.8 Å². The Kier molecular flexibility index (Phi) is 4.88. The number of nitrogen functional groups attached to an aromatic ring is 1. The largest absolute Gasteiger partial charge is 0.398 e. The highest BCUT2D eigenvalue weighted by molar-refractivity contribution is 5.96. The summed E-state index contributed by atoms with van der Waals surface area (Å²) in [5, 5.41) is 0. The van der Waals surface area contributed by atoms with E-state index in [2.05, 4.69) is 19.0 Å². The molecule has 0 radical (unpaired) electrons. The normalized spacial score (nSPS) is 16.5. The lowest BCUT2D eigenvalue weighted by Gasteiger charge is -2.33. The molecule has 1 aliphatic heterocycles. The predicted octanol–water partition coefficient (Wildman–Crippen LogP) is 2.30.